The summed E-state index contributed by atoms with van der Waals surface area (Å²) in [6.45, 7) is 0. The number of rotatable bonds is 3. The van der Waals surface area contributed by atoms with Crippen molar-refractivity contribution in [3.05, 3.63) is 53.9 Å². The average Bonchev–Trinajstić information content (AvgIpc) is 3.18. The standard InChI is InChI=1S/C14H11FN6S/c1-20-8-10(7-16-20)13-19-21-12(17-18-14(21)22-13)6-9-2-4-11(15)5-3-9/h2-5,7-8H,6H2,1H3. The molecule has 3 aromatic heterocycles. The van der Waals surface area contributed by atoms with Crippen molar-refractivity contribution in [2.45, 2.75) is 6.42 Å². The van der Waals surface area contributed by atoms with Crippen LogP contribution in [-0.2, 0) is 13.5 Å². The Morgan fingerprint density at radius 3 is 2.73 bits per heavy atom. The number of fused-ring (bicyclic) bond motifs is 1. The van der Waals surface area contributed by atoms with E-state index in [1.165, 1.54) is 23.5 Å². The summed E-state index contributed by atoms with van der Waals surface area (Å²) >= 11 is 1.46. The van der Waals surface area contributed by atoms with Crippen LogP contribution in [-0.4, -0.2) is 29.6 Å². The third kappa shape index (κ3) is 2.27. The highest BCUT2D eigenvalue weighted by atomic mass is 32.1. The van der Waals surface area contributed by atoms with E-state index in [-0.39, 0.29) is 5.82 Å². The van der Waals surface area contributed by atoms with Gasteiger partial charge in [-0.2, -0.15) is 14.7 Å². The van der Waals surface area contributed by atoms with Crippen molar-refractivity contribution >= 4 is 16.3 Å². The fourth-order valence-electron chi connectivity index (χ4n) is 2.20. The molecule has 8 heteroatoms. The largest absolute Gasteiger partial charge is 0.275 e. The topological polar surface area (TPSA) is 60.9 Å². The lowest BCUT2D eigenvalue weighted by Crippen LogP contribution is -1.97. The third-order valence-corrected chi connectivity index (χ3v) is 4.23. The second-order valence-electron chi connectivity index (χ2n) is 4.92. The fraction of sp³-hybridized carbons (Fsp3) is 0.143. The second-order valence-corrected chi connectivity index (χ2v) is 5.88. The molecule has 0 radical (unpaired) electrons. The number of aryl methyl sites for hydroxylation is 1. The number of benzene rings is 1. The van der Waals surface area contributed by atoms with Crippen LogP contribution >= 0.6 is 11.3 Å². The summed E-state index contributed by atoms with van der Waals surface area (Å²) in [6.07, 6.45) is 4.23. The van der Waals surface area contributed by atoms with Crippen molar-refractivity contribution in [3.63, 3.8) is 0 Å². The van der Waals surface area contributed by atoms with Gasteiger partial charge in [0.1, 0.15) is 5.82 Å². The Balaban J connectivity index is 1.70. The summed E-state index contributed by atoms with van der Waals surface area (Å²) in [4.78, 5) is 0.732. The Morgan fingerprint density at radius 1 is 1.18 bits per heavy atom. The van der Waals surface area contributed by atoms with Crippen molar-refractivity contribution in [3.8, 4) is 10.6 Å². The van der Waals surface area contributed by atoms with Crippen LogP contribution in [0, 0.1) is 5.82 Å². The molecular weight excluding hydrogens is 303 g/mol. The Bertz CT molecular complexity index is 936. The van der Waals surface area contributed by atoms with Crippen LogP contribution in [0.15, 0.2) is 36.7 Å². The van der Waals surface area contributed by atoms with E-state index < -0.39 is 0 Å². The summed E-state index contributed by atoms with van der Waals surface area (Å²) < 4.78 is 16.4. The summed E-state index contributed by atoms with van der Waals surface area (Å²) in [5, 5.41) is 17.9. The number of hydrogen-bond donors (Lipinski definition) is 0. The molecule has 0 fully saturated rings. The van der Waals surface area contributed by atoms with Crippen LogP contribution in [0.4, 0.5) is 4.39 Å². The molecule has 4 rings (SSSR count). The average molecular weight is 314 g/mol. The van der Waals surface area contributed by atoms with Crippen LogP contribution in [0.2, 0.25) is 0 Å². The highest BCUT2D eigenvalue weighted by molar-refractivity contribution is 7.19. The van der Waals surface area contributed by atoms with Gasteiger partial charge >= 0.3 is 0 Å². The monoisotopic (exact) mass is 314 g/mol. The molecule has 110 valence electrons. The van der Waals surface area contributed by atoms with Crippen molar-refractivity contribution in [1.29, 1.82) is 0 Å². The maximum atomic E-state index is 13.0. The van der Waals surface area contributed by atoms with Gasteiger partial charge in [-0.05, 0) is 17.7 Å². The number of aromatic nitrogens is 6. The lowest BCUT2D eigenvalue weighted by atomic mass is 10.1. The third-order valence-electron chi connectivity index (χ3n) is 3.28. The number of nitrogens with zero attached hydrogens (tertiary/aromatic N) is 6. The molecule has 0 saturated heterocycles. The highest BCUT2D eigenvalue weighted by Crippen LogP contribution is 2.25. The van der Waals surface area contributed by atoms with Gasteiger partial charge in [0.25, 0.3) is 0 Å². The van der Waals surface area contributed by atoms with Crippen LogP contribution in [0.5, 0.6) is 0 Å². The van der Waals surface area contributed by atoms with Gasteiger partial charge in [0.2, 0.25) is 4.96 Å². The first kappa shape index (κ1) is 13.1. The van der Waals surface area contributed by atoms with Crippen molar-refractivity contribution in [2.75, 3.05) is 0 Å². The molecule has 22 heavy (non-hydrogen) atoms. The van der Waals surface area contributed by atoms with Gasteiger partial charge in [-0.3, -0.25) is 4.68 Å². The van der Waals surface area contributed by atoms with Crippen LogP contribution in [0.3, 0.4) is 0 Å². The molecule has 3 heterocycles. The van der Waals surface area contributed by atoms with Gasteiger partial charge in [-0.15, -0.1) is 10.2 Å². The molecule has 0 atom stereocenters. The molecule has 0 amide bonds. The Kier molecular flexibility index (Phi) is 2.97. The second kappa shape index (κ2) is 4.99. The summed E-state index contributed by atoms with van der Waals surface area (Å²) in [5.74, 6) is 0.482. The molecule has 0 aliphatic carbocycles. The highest BCUT2D eigenvalue weighted by Gasteiger charge is 2.14. The van der Waals surface area contributed by atoms with Crippen molar-refractivity contribution in [2.24, 2.45) is 7.05 Å². The van der Waals surface area contributed by atoms with Crippen LogP contribution in [0.1, 0.15) is 11.4 Å². The fourth-order valence-corrected chi connectivity index (χ4v) is 3.03. The summed E-state index contributed by atoms with van der Waals surface area (Å²) in [5.41, 5.74) is 1.91. The predicted molar refractivity (Wildman–Crippen MR) is 80.1 cm³/mol. The van der Waals surface area contributed by atoms with E-state index in [9.17, 15) is 4.39 Å². The van der Waals surface area contributed by atoms with E-state index >= 15 is 0 Å². The van der Waals surface area contributed by atoms with E-state index in [0.717, 1.165) is 26.9 Å². The van der Waals surface area contributed by atoms with Crippen molar-refractivity contribution in [1.82, 2.24) is 29.6 Å². The van der Waals surface area contributed by atoms with E-state index in [1.807, 2.05) is 13.2 Å². The minimum absolute atomic E-state index is 0.248. The number of hydrogen-bond acceptors (Lipinski definition) is 5. The quantitative estimate of drug-likeness (QED) is 0.582. The lowest BCUT2D eigenvalue weighted by Gasteiger charge is -1.98. The van der Waals surface area contributed by atoms with Gasteiger partial charge in [0, 0.05) is 19.7 Å². The van der Waals surface area contributed by atoms with Crippen LogP contribution < -0.4 is 0 Å². The van der Waals surface area contributed by atoms with Gasteiger partial charge in [-0.1, -0.05) is 23.5 Å². The van der Waals surface area contributed by atoms with Crippen LogP contribution in [0.25, 0.3) is 15.5 Å². The molecule has 6 nitrogen and oxygen atoms in total. The van der Waals surface area contributed by atoms with E-state index in [0.29, 0.717) is 6.42 Å². The summed E-state index contributed by atoms with van der Waals surface area (Å²) in [6, 6.07) is 6.36. The molecular formula is C14H11FN6S. The maximum absolute atomic E-state index is 13.0. The first-order chi connectivity index (χ1) is 10.7. The van der Waals surface area contributed by atoms with E-state index in [2.05, 4.69) is 20.4 Å². The maximum Gasteiger partial charge on any atom is 0.234 e. The van der Waals surface area contributed by atoms with E-state index in [1.54, 1.807) is 27.5 Å². The molecule has 0 aliphatic rings. The zero-order valence-electron chi connectivity index (χ0n) is 11.6. The first-order valence-electron chi connectivity index (χ1n) is 6.63. The minimum Gasteiger partial charge on any atom is -0.275 e. The van der Waals surface area contributed by atoms with Crippen molar-refractivity contribution < 1.29 is 4.39 Å². The normalized spacial score (nSPS) is 11.4. The molecule has 0 N–H and O–H groups in total. The summed E-state index contributed by atoms with van der Waals surface area (Å²) in [7, 11) is 1.86. The Morgan fingerprint density at radius 2 is 2.00 bits per heavy atom. The molecule has 0 aliphatic heterocycles. The first-order valence-corrected chi connectivity index (χ1v) is 7.45. The number of halogens is 1. The Hall–Kier alpha value is -2.61. The minimum atomic E-state index is -0.248. The van der Waals surface area contributed by atoms with E-state index in [4.69, 9.17) is 0 Å². The van der Waals surface area contributed by atoms with Gasteiger partial charge in [0.15, 0.2) is 10.8 Å². The zero-order chi connectivity index (χ0) is 15.1. The smallest absolute Gasteiger partial charge is 0.234 e. The molecule has 1 aromatic carbocycles. The van der Waals surface area contributed by atoms with Gasteiger partial charge < -0.3 is 0 Å². The zero-order valence-corrected chi connectivity index (χ0v) is 12.5. The Labute approximate surface area is 128 Å². The molecule has 4 aromatic rings. The van der Waals surface area contributed by atoms with Gasteiger partial charge in [0.05, 0.1) is 11.8 Å². The lowest BCUT2D eigenvalue weighted by molar-refractivity contribution is 0.627. The molecule has 0 saturated carbocycles. The SMILES string of the molecule is Cn1cc(-c2nn3c(Cc4ccc(F)cc4)nnc3s2)cn1. The van der Waals surface area contributed by atoms with Gasteiger partial charge in [-0.25, -0.2) is 4.39 Å². The molecule has 0 unspecified atom stereocenters. The molecule has 0 spiro atoms. The molecule has 0 bridgehead atoms. The predicted octanol–water partition coefficient (Wildman–Crippen LogP) is 2.32.